The van der Waals surface area contributed by atoms with Crippen molar-refractivity contribution >= 4 is 17.7 Å². The third kappa shape index (κ3) is 3.18. The van der Waals surface area contributed by atoms with Crippen molar-refractivity contribution in [1.82, 2.24) is 19.9 Å². The number of piperazine rings is 1. The van der Waals surface area contributed by atoms with Crippen molar-refractivity contribution in [3.8, 4) is 0 Å². The summed E-state index contributed by atoms with van der Waals surface area (Å²) in [6.07, 6.45) is 6.06. The van der Waals surface area contributed by atoms with E-state index in [2.05, 4.69) is 19.9 Å². The average Bonchev–Trinajstić information content (AvgIpc) is 3.38. The van der Waals surface area contributed by atoms with Gasteiger partial charge in [0.1, 0.15) is 5.82 Å². The summed E-state index contributed by atoms with van der Waals surface area (Å²) in [7, 11) is 3.87. The number of carbonyl (C=O) groups excluding carboxylic acids is 1. The molecule has 25 heavy (non-hydrogen) atoms. The van der Waals surface area contributed by atoms with Crippen LogP contribution < -0.4 is 9.80 Å². The molecule has 132 valence electrons. The quantitative estimate of drug-likeness (QED) is 0.918. The highest BCUT2D eigenvalue weighted by atomic mass is 16.2. The molecule has 0 spiro atoms. The minimum Gasteiger partial charge on any atom is -0.364 e. The molecule has 3 heterocycles. The minimum atomic E-state index is 0.152. The van der Waals surface area contributed by atoms with Crippen LogP contribution in [0.5, 0.6) is 0 Å². The summed E-state index contributed by atoms with van der Waals surface area (Å²) in [5.74, 6) is 2.34. The number of aromatic nitrogens is 3. The maximum atomic E-state index is 12.9. The first kappa shape index (κ1) is 15.9. The average molecular weight is 340 g/mol. The summed E-state index contributed by atoms with van der Waals surface area (Å²) < 4.78 is 0. The highest BCUT2D eigenvalue weighted by molar-refractivity contribution is 5.96. The van der Waals surface area contributed by atoms with Gasteiger partial charge in [0.2, 0.25) is 5.95 Å². The van der Waals surface area contributed by atoms with Gasteiger partial charge in [0, 0.05) is 58.4 Å². The second-order valence-corrected chi connectivity index (χ2v) is 6.97. The molecular weight excluding hydrogens is 316 g/mol. The molecule has 0 radical (unpaired) electrons. The molecule has 2 aromatic heterocycles. The summed E-state index contributed by atoms with van der Waals surface area (Å²) >= 11 is 0. The molecule has 2 fully saturated rings. The number of carbonyl (C=O) groups is 1. The maximum Gasteiger partial charge on any atom is 0.255 e. The van der Waals surface area contributed by atoms with Crippen molar-refractivity contribution in [2.24, 2.45) is 0 Å². The first-order valence-corrected chi connectivity index (χ1v) is 8.85. The minimum absolute atomic E-state index is 0.152. The van der Waals surface area contributed by atoms with Crippen molar-refractivity contribution in [2.45, 2.75) is 18.8 Å². The van der Waals surface area contributed by atoms with E-state index in [1.807, 2.05) is 42.2 Å². The predicted octanol–water partition coefficient (Wildman–Crippen LogP) is 1.71. The Morgan fingerprint density at radius 1 is 1.20 bits per heavy atom. The highest BCUT2D eigenvalue weighted by Crippen LogP contribution is 2.41. The topological polar surface area (TPSA) is 68.4 Å². The first-order chi connectivity index (χ1) is 12.1. The Hall–Kier alpha value is -2.57. The molecular formula is C18H24N6O. The largest absolute Gasteiger partial charge is 0.364 e. The van der Waals surface area contributed by atoms with Gasteiger partial charge in [0.15, 0.2) is 0 Å². The first-order valence-electron chi connectivity index (χ1n) is 8.85. The maximum absolute atomic E-state index is 12.9. The summed E-state index contributed by atoms with van der Waals surface area (Å²) in [6.45, 7) is 3.02. The number of nitrogens with zero attached hydrogens (tertiary/aromatic N) is 5. The third-order valence-electron chi connectivity index (χ3n) is 4.91. The lowest BCUT2D eigenvalue weighted by molar-refractivity contribution is 0.0745. The summed E-state index contributed by atoms with van der Waals surface area (Å²) in [4.78, 5) is 31.0. The molecule has 7 nitrogen and oxygen atoms in total. The van der Waals surface area contributed by atoms with E-state index < -0.39 is 0 Å². The van der Waals surface area contributed by atoms with E-state index >= 15 is 0 Å². The van der Waals surface area contributed by atoms with Crippen molar-refractivity contribution < 1.29 is 4.79 Å². The van der Waals surface area contributed by atoms with Crippen LogP contribution in [0.25, 0.3) is 0 Å². The molecule has 2 aromatic rings. The Bertz CT molecular complexity index is 758. The van der Waals surface area contributed by atoms with Crippen LogP contribution in [-0.4, -0.2) is 66.0 Å². The van der Waals surface area contributed by atoms with Gasteiger partial charge in [-0.25, -0.2) is 4.98 Å². The zero-order valence-electron chi connectivity index (χ0n) is 14.8. The number of nitrogens with one attached hydrogen (secondary N) is 1. The van der Waals surface area contributed by atoms with Gasteiger partial charge in [-0.1, -0.05) is 0 Å². The molecule has 0 atom stereocenters. The van der Waals surface area contributed by atoms with Gasteiger partial charge >= 0.3 is 0 Å². The molecule has 0 aromatic carbocycles. The van der Waals surface area contributed by atoms with Gasteiger partial charge in [0.05, 0.1) is 5.56 Å². The number of hydrogen-bond acceptors (Lipinski definition) is 5. The number of anilines is 2. The SMILES string of the molecule is CN(C)c1nccc(N2CCN(C(=O)c3cc[nH]c3C3CC3)CC2)n1. The molecule has 7 heteroatoms. The number of aromatic amines is 1. The van der Waals surface area contributed by atoms with Crippen molar-refractivity contribution in [1.29, 1.82) is 0 Å². The fourth-order valence-electron chi connectivity index (χ4n) is 3.32. The number of H-pyrrole nitrogens is 1. The summed E-state index contributed by atoms with van der Waals surface area (Å²) in [6, 6.07) is 3.86. The molecule has 0 unspecified atom stereocenters. The Balaban J connectivity index is 1.42. The van der Waals surface area contributed by atoms with Gasteiger partial charge < -0.3 is 19.7 Å². The second-order valence-electron chi connectivity index (χ2n) is 6.97. The van der Waals surface area contributed by atoms with Gasteiger partial charge in [-0.05, 0) is 30.9 Å². The van der Waals surface area contributed by atoms with Crippen LogP contribution >= 0.6 is 0 Å². The number of hydrogen-bond donors (Lipinski definition) is 1. The molecule has 0 bridgehead atoms. The fraction of sp³-hybridized carbons (Fsp3) is 0.500. The lowest BCUT2D eigenvalue weighted by Gasteiger charge is -2.35. The van der Waals surface area contributed by atoms with Gasteiger partial charge in [-0.3, -0.25) is 4.79 Å². The summed E-state index contributed by atoms with van der Waals surface area (Å²) in [5.41, 5.74) is 1.98. The lowest BCUT2D eigenvalue weighted by atomic mass is 10.1. The van der Waals surface area contributed by atoms with E-state index in [-0.39, 0.29) is 5.91 Å². The van der Waals surface area contributed by atoms with Crippen LogP contribution in [0.2, 0.25) is 0 Å². The van der Waals surface area contributed by atoms with E-state index in [1.165, 1.54) is 12.8 Å². The van der Waals surface area contributed by atoms with Crippen LogP contribution in [0.3, 0.4) is 0 Å². The Labute approximate surface area is 147 Å². The molecule has 1 amide bonds. The zero-order valence-corrected chi connectivity index (χ0v) is 14.8. The number of amides is 1. The fourth-order valence-corrected chi connectivity index (χ4v) is 3.32. The van der Waals surface area contributed by atoms with E-state index in [4.69, 9.17) is 0 Å². The van der Waals surface area contributed by atoms with E-state index in [0.717, 1.165) is 43.3 Å². The standard InChI is InChI=1S/C18H24N6O/c1-22(2)18-20-8-6-15(21-18)23-9-11-24(12-10-23)17(25)14-5-7-19-16(14)13-3-4-13/h5-8,13,19H,3-4,9-12H2,1-2H3. The molecule has 1 saturated carbocycles. The van der Waals surface area contributed by atoms with E-state index in [1.54, 1.807) is 6.20 Å². The van der Waals surface area contributed by atoms with E-state index in [9.17, 15) is 4.79 Å². The molecule has 1 N–H and O–H groups in total. The smallest absolute Gasteiger partial charge is 0.255 e. The Morgan fingerprint density at radius 3 is 2.64 bits per heavy atom. The van der Waals surface area contributed by atoms with Crippen molar-refractivity contribution in [2.75, 3.05) is 50.1 Å². The van der Waals surface area contributed by atoms with Gasteiger partial charge in [0.25, 0.3) is 5.91 Å². The van der Waals surface area contributed by atoms with Gasteiger partial charge in [-0.15, -0.1) is 0 Å². The third-order valence-corrected chi connectivity index (χ3v) is 4.91. The molecule has 1 saturated heterocycles. The number of rotatable bonds is 4. The van der Waals surface area contributed by atoms with E-state index in [0.29, 0.717) is 11.9 Å². The molecule has 2 aliphatic rings. The van der Waals surface area contributed by atoms with Crippen LogP contribution in [0, 0.1) is 0 Å². The zero-order chi connectivity index (χ0) is 17.4. The van der Waals surface area contributed by atoms with Crippen molar-refractivity contribution in [3.63, 3.8) is 0 Å². The molecule has 1 aliphatic carbocycles. The summed E-state index contributed by atoms with van der Waals surface area (Å²) in [5, 5.41) is 0. The predicted molar refractivity (Wildman–Crippen MR) is 97.2 cm³/mol. The van der Waals surface area contributed by atoms with Gasteiger partial charge in [-0.2, -0.15) is 4.98 Å². The van der Waals surface area contributed by atoms with Crippen molar-refractivity contribution in [3.05, 3.63) is 35.8 Å². The highest BCUT2D eigenvalue weighted by Gasteiger charge is 2.31. The van der Waals surface area contributed by atoms with Crippen LogP contribution in [0.15, 0.2) is 24.5 Å². The Kier molecular flexibility index (Phi) is 4.07. The lowest BCUT2D eigenvalue weighted by Crippen LogP contribution is -2.49. The molecule has 1 aliphatic heterocycles. The molecule has 4 rings (SSSR count). The van der Waals surface area contributed by atoms with Crippen LogP contribution in [0.4, 0.5) is 11.8 Å². The second kappa shape index (κ2) is 6.38. The van der Waals surface area contributed by atoms with Crippen LogP contribution in [0.1, 0.15) is 34.8 Å². The Morgan fingerprint density at radius 2 is 1.96 bits per heavy atom. The monoisotopic (exact) mass is 340 g/mol. The van der Waals surface area contributed by atoms with Crippen LogP contribution in [-0.2, 0) is 0 Å². The normalized spacial score (nSPS) is 17.7.